The van der Waals surface area contributed by atoms with Crippen molar-refractivity contribution < 1.29 is 9.59 Å². The molecule has 0 fully saturated rings. The Balaban J connectivity index is 2.14. The summed E-state index contributed by atoms with van der Waals surface area (Å²) in [6.07, 6.45) is -0.0326. The highest BCUT2D eigenvalue weighted by molar-refractivity contribution is 6.36. The molecule has 0 saturated carbocycles. The van der Waals surface area contributed by atoms with E-state index in [1.165, 1.54) is 0 Å². The summed E-state index contributed by atoms with van der Waals surface area (Å²) in [6, 6.07) is 12.9. The van der Waals surface area contributed by atoms with Gasteiger partial charge in [-0.25, -0.2) is 0 Å². The average Bonchev–Trinajstić information content (AvgIpc) is 2.49. The standard InChI is InChI=1S/C16H14Cl2N2O2/c17-12-7-4-8-13(18)11(12)9-14(21)20-15(16(19)22)10-5-2-1-3-6-10/h1-8,15H,9H2,(H2,19,22)(H,20,21)/t15-/m0/s1. The average molecular weight is 337 g/mol. The zero-order valence-corrected chi connectivity index (χ0v) is 13.1. The van der Waals surface area contributed by atoms with Crippen LogP contribution in [0.15, 0.2) is 48.5 Å². The second-order valence-corrected chi connectivity index (χ2v) is 5.50. The minimum atomic E-state index is -0.894. The second kappa shape index (κ2) is 7.29. The highest BCUT2D eigenvalue weighted by Gasteiger charge is 2.21. The van der Waals surface area contributed by atoms with Gasteiger partial charge in [-0.05, 0) is 23.3 Å². The molecular formula is C16H14Cl2N2O2. The fraction of sp³-hybridized carbons (Fsp3) is 0.125. The summed E-state index contributed by atoms with van der Waals surface area (Å²) in [5.41, 5.74) is 6.50. The van der Waals surface area contributed by atoms with Gasteiger partial charge in [0, 0.05) is 10.0 Å². The van der Waals surface area contributed by atoms with Crippen molar-refractivity contribution in [3.8, 4) is 0 Å². The summed E-state index contributed by atoms with van der Waals surface area (Å²) in [5, 5.41) is 3.41. The molecule has 0 aliphatic rings. The third-order valence-corrected chi connectivity index (χ3v) is 3.83. The van der Waals surface area contributed by atoms with Gasteiger partial charge in [-0.3, -0.25) is 9.59 Å². The van der Waals surface area contributed by atoms with Crippen molar-refractivity contribution in [1.82, 2.24) is 5.32 Å². The Labute approximate surface area is 138 Å². The van der Waals surface area contributed by atoms with Gasteiger partial charge in [0.1, 0.15) is 6.04 Å². The maximum atomic E-state index is 12.2. The fourth-order valence-electron chi connectivity index (χ4n) is 2.04. The summed E-state index contributed by atoms with van der Waals surface area (Å²) < 4.78 is 0. The number of nitrogens with one attached hydrogen (secondary N) is 1. The number of primary amides is 1. The zero-order chi connectivity index (χ0) is 16.1. The highest BCUT2D eigenvalue weighted by Crippen LogP contribution is 2.25. The molecule has 2 rings (SSSR count). The van der Waals surface area contributed by atoms with E-state index in [0.29, 0.717) is 21.2 Å². The molecule has 0 radical (unpaired) electrons. The molecule has 2 amide bonds. The second-order valence-electron chi connectivity index (χ2n) is 4.69. The van der Waals surface area contributed by atoms with Gasteiger partial charge in [-0.15, -0.1) is 0 Å². The van der Waals surface area contributed by atoms with Crippen molar-refractivity contribution in [3.63, 3.8) is 0 Å². The number of halogens is 2. The quantitative estimate of drug-likeness (QED) is 0.881. The molecule has 0 aromatic heterocycles. The summed E-state index contributed by atoms with van der Waals surface area (Å²) in [6.45, 7) is 0. The SMILES string of the molecule is NC(=O)[C@@H](NC(=O)Cc1c(Cl)cccc1Cl)c1ccccc1. The summed E-state index contributed by atoms with van der Waals surface area (Å²) in [5.74, 6) is -1.02. The molecule has 2 aromatic rings. The van der Waals surface area contributed by atoms with Crippen LogP contribution < -0.4 is 11.1 Å². The van der Waals surface area contributed by atoms with Crippen LogP contribution in [0.5, 0.6) is 0 Å². The number of benzene rings is 2. The summed E-state index contributed by atoms with van der Waals surface area (Å²) >= 11 is 12.1. The molecule has 0 unspecified atom stereocenters. The Morgan fingerprint density at radius 2 is 1.59 bits per heavy atom. The van der Waals surface area contributed by atoms with Crippen molar-refractivity contribution in [2.75, 3.05) is 0 Å². The number of rotatable bonds is 5. The number of amides is 2. The van der Waals surface area contributed by atoms with E-state index in [-0.39, 0.29) is 12.3 Å². The normalized spacial score (nSPS) is 11.7. The van der Waals surface area contributed by atoms with Crippen LogP contribution in [-0.2, 0) is 16.0 Å². The molecule has 1 atom stereocenters. The fourth-order valence-corrected chi connectivity index (χ4v) is 2.57. The predicted molar refractivity (Wildman–Crippen MR) is 86.7 cm³/mol. The lowest BCUT2D eigenvalue weighted by molar-refractivity contribution is -0.127. The van der Waals surface area contributed by atoms with Gasteiger partial charge in [0.2, 0.25) is 11.8 Å². The molecule has 0 heterocycles. The molecule has 114 valence electrons. The van der Waals surface area contributed by atoms with Gasteiger partial charge in [0.05, 0.1) is 6.42 Å². The minimum Gasteiger partial charge on any atom is -0.368 e. The molecular weight excluding hydrogens is 323 g/mol. The van der Waals surface area contributed by atoms with E-state index in [0.717, 1.165) is 0 Å². The van der Waals surface area contributed by atoms with Gasteiger partial charge in [0.25, 0.3) is 0 Å². The zero-order valence-electron chi connectivity index (χ0n) is 11.6. The van der Waals surface area contributed by atoms with Crippen molar-refractivity contribution in [3.05, 3.63) is 69.7 Å². The van der Waals surface area contributed by atoms with Gasteiger partial charge in [0.15, 0.2) is 0 Å². The Morgan fingerprint density at radius 1 is 1.00 bits per heavy atom. The van der Waals surface area contributed by atoms with Crippen LogP contribution in [0.2, 0.25) is 10.0 Å². The Bertz CT molecular complexity index is 670. The van der Waals surface area contributed by atoms with Crippen molar-refractivity contribution in [2.45, 2.75) is 12.5 Å². The van der Waals surface area contributed by atoms with E-state index in [1.54, 1.807) is 42.5 Å². The predicted octanol–water partition coefficient (Wildman–Crippen LogP) is 2.88. The molecule has 0 aliphatic heterocycles. The van der Waals surface area contributed by atoms with Gasteiger partial charge >= 0.3 is 0 Å². The maximum absolute atomic E-state index is 12.2. The number of hydrogen-bond donors (Lipinski definition) is 2. The van der Waals surface area contributed by atoms with Crippen LogP contribution in [0.1, 0.15) is 17.2 Å². The number of hydrogen-bond acceptors (Lipinski definition) is 2. The lowest BCUT2D eigenvalue weighted by Crippen LogP contribution is -2.38. The largest absolute Gasteiger partial charge is 0.368 e. The Hall–Kier alpha value is -2.04. The molecule has 4 nitrogen and oxygen atoms in total. The van der Waals surface area contributed by atoms with Gasteiger partial charge in [-0.1, -0.05) is 59.6 Å². The van der Waals surface area contributed by atoms with Crippen molar-refractivity contribution >= 4 is 35.0 Å². The Kier molecular flexibility index (Phi) is 5.41. The molecule has 0 bridgehead atoms. The smallest absolute Gasteiger partial charge is 0.244 e. The number of carbonyl (C=O) groups is 2. The lowest BCUT2D eigenvalue weighted by atomic mass is 10.1. The lowest BCUT2D eigenvalue weighted by Gasteiger charge is -2.16. The van der Waals surface area contributed by atoms with Crippen LogP contribution in [0, 0.1) is 0 Å². The third kappa shape index (κ3) is 4.00. The highest BCUT2D eigenvalue weighted by atomic mass is 35.5. The van der Waals surface area contributed by atoms with E-state index in [1.807, 2.05) is 6.07 Å². The summed E-state index contributed by atoms with van der Waals surface area (Å²) in [4.78, 5) is 23.7. The third-order valence-electron chi connectivity index (χ3n) is 3.12. The first-order chi connectivity index (χ1) is 10.5. The molecule has 3 N–H and O–H groups in total. The monoisotopic (exact) mass is 336 g/mol. The van der Waals surface area contributed by atoms with Gasteiger partial charge in [-0.2, -0.15) is 0 Å². The van der Waals surface area contributed by atoms with E-state index in [9.17, 15) is 9.59 Å². The van der Waals surface area contributed by atoms with Crippen LogP contribution >= 0.6 is 23.2 Å². The van der Waals surface area contributed by atoms with E-state index < -0.39 is 11.9 Å². The number of nitrogens with two attached hydrogens (primary N) is 1. The Morgan fingerprint density at radius 3 is 2.14 bits per heavy atom. The van der Waals surface area contributed by atoms with E-state index in [2.05, 4.69) is 5.32 Å². The first-order valence-corrected chi connectivity index (χ1v) is 7.31. The molecule has 0 spiro atoms. The van der Waals surface area contributed by atoms with E-state index >= 15 is 0 Å². The topological polar surface area (TPSA) is 72.2 Å². The minimum absolute atomic E-state index is 0.0326. The van der Waals surface area contributed by atoms with Crippen LogP contribution in [0.25, 0.3) is 0 Å². The molecule has 2 aromatic carbocycles. The number of carbonyl (C=O) groups excluding carboxylic acids is 2. The van der Waals surface area contributed by atoms with Crippen molar-refractivity contribution in [2.24, 2.45) is 5.73 Å². The first-order valence-electron chi connectivity index (χ1n) is 6.55. The first kappa shape index (κ1) is 16.3. The van der Waals surface area contributed by atoms with E-state index in [4.69, 9.17) is 28.9 Å². The van der Waals surface area contributed by atoms with Crippen molar-refractivity contribution in [1.29, 1.82) is 0 Å². The summed E-state index contributed by atoms with van der Waals surface area (Å²) in [7, 11) is 0. The molecule has 22 heavy (non-hydrogen) atoms. The molecule has 0 saturated heterocycles. The van der Waals surface area contributed by atoms with Crippen LogP contribution in [0.3, 0.4) is 0 Å². The van der Waals surface area contributed by atoms with Crippen LogP contribution in [0.4, 0.5) is 0 Å². The molecule has 6 heteroatoms. The van der Waals surface area contributed by atoms with Crippen LogP contribution in [-0.4, -0.2) is 11.8 Å². The molecule has 0 aliphatic carbocycles. The maximum Gasteiger partial charge on any atom is 0.244 e. The van der Waals surface area contributed by atoms with Gasteiger partial charge < -0.3 is 11.1 Å².